The maximum atomic E-state index is 9.56. The standard InChI is InChI=1S/C16H22ClNO3/c1-11-3-4-18(14(11)10-19)9-12-7-13(17)16-15(8-12)20-5-2-6-21-16/h7-8,11,14,19H,2-6,9-10H2,1H3. The molecule has 1 aromatic carbocycles. The van der Waals surface area contributed by atoms with Crippen LogP contribution in [-0.4, -0.2) is 42.4 Å². The Hall–Kier alpha value is -0.970. The normalized spacial score (nSPS) is 25.9. The topological polar surface area (TPSA) is 41.9 Å². The Balaban J connectivity index is 1.80. The van der Waals surface area contributed by atoms with Crippen LogP contribution in [0, 0.1) is 5.92 Å². The van der Waals surface area contributed by atoms with Gasteiger partial charge in [-0.1, -0.05) is 18.5 Å². The van der Waals surface area contributed by atoms with Crippen LogP contribution in [0.3, 0.4) is 0 Å². The molecule has 1 N–H and O–H groups in total. The average molecular weight is 312 g/mol. The van der Waals surface area contributed by atoms with E-state index in [1.54, 1.807) is 0 Å². The SMILES string of the molecule is CC1CCN(Cc2cc(Cl)c3c(c2)OCCCO3)C1CO. The largest absolute Gasteiger partial charge is 0.489 e. The fourth-order valence-corrected chi connectivity index (χ4v) is 3.48. The van der Waals surface area contributed by atoms with Crippen molar-refractivity contribution in [2.45, 2.75) is 32.4 Å². The summed E-state index contributed by atoms with van der Waals surface area (Å²) in [6, 6.07) is 4.20. The number of ether oxygens (including phenoxy) is 2. The predicted octanol–water partition coefficient (Wildman–Crippen LogP) is 2.70. The van der Waals surface area contributed by atoms with Crippen LogP contribution in [0.25, 0.3) is 0 Å². The zero-order valence-electron chi connectivity index (χ0n) is 12.3. The molecule has 5 heteroatoms. The van der Waals surface area contributed by atoms with E-state index >= 15 is 0 Å². The second-order valence-electron chi connectivity index (χ2n) is 5.94. The predicted molar refractivity (Wildman–Crippen MR) is 82.1 cm³/mol. The van der Waals surface area contributed by atoms with Crippen LogP contribution < -0.4 is 9.47 Å². The summed E-state index contributed by atoms with van der Waals surface area (Å²) >= 11 is 6.33. The summed E-state index contributed by atoms with van der Waals surface area (Å²) in [5.41, 5.74) is 1.11. The van der Waals surface area contributed by atoms with Gasteiger partial charge in [0.15, 0.2) is 11.5 Å². The van der Waals surface area contributed by atoms with E-state index in [-0.39, 0.29) is 12.6 Å². The maximum Gasteiger partial charge on any atom is 0.179 e. The van der Waals surface area contributed by atoms with Crippen LogP contribution in [0.4, 0.5) is 0 Å². The molecule has 1 aromatic rings. The van der Waals surface area contributed by atoms with Gasteiger partial charge in [0.05, 0.1) is 24.8 Å². The minimum absolute atomic E-state index is 0.208. The summed E-state index contributed by atoms with van der Waals surface area (Å²) in [6.07, 6.45) is 2.00. The van der Waals surface area contributed by atoms with E-state index in [4.69, 9.17) is 21.1 Å². The van der Waals surface area contributed by atoms with E-state index in [0.717, 1.165) is 37.2 Å². The van der Waals surface area contributed by atoms with Gasteiger partial charge < -0.3 is 14.6 Å². The maximum absolute atomic E-state index is 9.56. The van der Waals surface area contributed by atoms with E-state index in [9.17, 15) is 5.11 Å². The highest BCUT2D eigenvalue weighted by Crippen LogP contribution is 2.38. The van der Waals surface area contributed by atoms with Crippen LogP contribution in [-0.2, 0) is 6.54 Å². The second kappa shape index (κ2) is 6.42. The summed E-state index contributed by atoms with van der Waals surface area (Å²) in [5, 5.41) is 10.2. The number of nitrogens with zero attached hydrogens (tertiary/aromatic N) is 1. The molecule has 0 bridgehead atoms. The Morgan fingerprint density at radius 3 is 2.95 bits per heavy atom. The average Bonchev–Trinajstić information content (AvgIpc) is 2.67. The number of halogens is 1. The highest BCUT2D eigenvalue weighted by Gasteiger charge is 2.30. The molecule has 1 fully saturated rings. The van der Waals surface area contributed by atoms with Gasteiger partial charge in [-0.3, -0.25) is 4.90 Å². The molecule has 4 nitrogen and oxygen atoms in total. The lowest BCUT2D eigenvalue weighted by molar-refractivity contribution is 0.134. The molecule has 2 unspecified atom stereocenters. The van der Waals surface area contributed by atoms with Crippen molar-refractivity contribution in [3.8, 4) is 11.5 Å². The van der Waals surface area contributed by atoms with Crippen molar-refractivity contribution in [2.75, 3.05) is 26.4 Å². The number of hydrogen-bond acceptors (Lipinski definition) is 4. The summed E-state index contributed by atoms with van der Waals surface area (Å²) in [7, 11) is 0. The Morgan fingerprint density at radius 2 is 2.14 bits per heavy atom. The first-order valence-electron chi connectivity index (χ1n) is 7.62. The lowest BCUT2D eigenvalue weighted by Crippen LogP contribution is -2.34. The fourth-order valence-electron chi connectivity index (χ4n) is 3.19. The summed E-state index contributed by atoms with van der Waals surface area (Å²) in [6.45, 7) is 5.50. The number of fused-ring (bicyclic) bond motifs is 1. The number of likely N-dealkylation sites (tertiary alicyclic amines) is 1. The quantitative estimate of drug-likeness (QED) is 0.932. The molecule has 0 aliphatic carbocycles. The Morgan fingerprint density at radius 1 is 1.33 bits per heavy atom. The summed E-state index contributed by atoms with van der Waals surface area (Å²) < 4.78 is 11.4. The van der Waals surface area contributed by atoms with Gasteiger partial charge in [0.25, 0.3) is 0 Å². The van der Waals surface area contributed by atoms with Crippen LogP contribution in [0.2, 0.25) is 5.02 Å². The van der Waals surface area contributed by atoms with Gasteiger partial charge in [0.2, 0.25) is 0 Å². The van der Waals surface area contributed by atoms with Crippen LogP contribution in [0.5, 0.6) is 11.5 Å². The number of rotatable bonds is 3. The Kier molecular flexibility index (Phi) is 4.57. The number of aliphatic hydroxyl groups excluding tert-OH is 1. The Bertz CT molecular complexity index is 509. The number of benzene rings is 1. The van der Waals surface area contributed by atoms with E-state index in [1.165, 1.54) is 0 Å². The van der Waals surface area contributed by atoms with Crippen LogP contribution in [0.1, 0.15) is 25.3 Å². The van der Waals surface area contributed by atoms with Crippen LogP contribution >= 0.6 is 11.6 Å². The first kappa shape index (κ1) is 14.9. The third-order valence-corrected chi connectivity index (χ3v) is 4.71. The molecule has 3 rings (SSSR count). The lowest BCUT2D eigenvalue weighted by Gasteiger charge is -2.25. The van der Waals surface area contributed by atoms with Crippen molar-refractivity contribution in [2.24, 2.45) is 5.92 Å². The molecule has 2 aliphatic rings. The van der Waals surface area contributed by atoms with Gasteiger partial charge >= 0.3 is 0 Å². The zero-order chi connectivity index (χ0) is 14.8. The first-order chi connectivity index (χ1) is 10.2. The molecule has 0 amide bonds. The third-order valence-electron chi connectivity index (χ3n) is 4.43. The molecule has 1 saturated heterocycles. The highest BCUT2D eigenvalue weighted by molar-refractivity contribution is 6.32. The van der Waals surface area contributed by atoms with E-state index < -0.39 is 0 Å². The van der Waals surface area contributed by atoms with Crippen molar-refractivity contribution in [1.29, 1.82) is 0 Å². The molecule has 116 valence electrons. The first-order valence-corrected chi connectivity index (χ1v) is 7.99. The Labute approximate surface area is 130 Å². The molecule has 2 atom stereocenters. The summed E-state index contributed by atoms with van der Waals surface area (Å²) in [4.78, 5) is 2.32. The minimum Gasteiger partial charge on any atom is -0.489 e. The van der Waals surface area contributed by atoms with E-state index in [1.807, 2.05) is 12.1 Å². The smallest absolute Gasteiger partial charge is 0.179 e. The molecule has 0 radical (unpaired) electrons. The van der Waals surface area contributed by atoms with Crippen molar-refractivity contribution >= 4 is 11.6 Å². The van der Waals surface area contributed by atoms with Crippen molar-refractivity contribution in [3.63, 3.8) is 0 Å². The monoisotopic (exact) mass is 311 g/mol. The van der Waals surface area contributed by atoms with Crippen LogP contribution in [0.15, 0.2) is 12.1 Å². The van der Waals surface area contributed by atoms with Gasteiger partial charge in [-0.25, -0.2) is 0 Å². The molecule has 21 heavy (non-hydrogen) atoms. The van der Waals surface area contributed by atoms with Crippen molar-refractivity contribution in [3.05, 3.63) is 22.7 Å². The summed E-state index contributed by atoms with van der Waals surface area (Å²) in [5.74, 6) is 1.93. The molecule has 2 aliphatic heterocycles. The van der Waals surface area contributed by atoms with Gasteiger partial charge in [0.1, 0.15) is 0 Å². The van der Waals surface area contributed by atoms with E-state index in [0.29, 0.717) is 29.9 Å². The molecular weight excluding hydrogens is 290 g/mol. The van der Waals surface area contributed by atoms with Gasteiger partial charge in [-0.15, -0.1) is 0 Å². The molecular formula is C16H22ClNO3. The molecule has 0 saturated carbocycles. The highest BCUT2D eigenvalue weighted by atomic mass is 35.5. The fraction of sp³-hybridized carbons (Fsp3) is 0.625. The number of hydrogen-bond donors (Lipinski definition) is 1. The van der Waals surface area contributed by atoms with Crippen molar-refractivity contribution < 1.29 is 14.6 Å². The van der Waals surface area contributed by atoms with Gasteiger partial charge in [-0.05, 0) is 36.6 Å². The van der Waals surface area contributed by atoms with Crippen molar-refractivity contribution in [1.82, 2.24) is 4.90 Å². The lowest BCUT2D eigenvalue weighted by atomic mass is 10.0. The zero-order valence-corrected chi connectivity index (χ0v) is 13.1. The second-order valence-corrected chi connectivity index (χ2v) is 6.35. The molecule has 0 spiro atoms. The number of aliphatic hydroxyl groups is 1. The molecule has 0 aromatic heterocycles. The molecule has 2 heterocycles. The minimum atomic E-state index is 0.208. The third kappa shape index (κ3) is 3.12. The van der Waals surface area contributed by atoms with Gasteiger partial charge in [0, 0.05) is 19.0 Å². The van der Waals surface area contributed by atoms with Gasteiger partial charge in [-0.2, -0.15) is 0 Å². The van der Waals surface area contributed by atoms with E-state index in [2.05, 4.69) is 11.8 Å².